The Morgan fingerprint density at radius 1 is 0.952 bits per heavy atom. The maximum Gasteiger partial charge on any atom is 0.0731 e. The van der Waals surface area contributed by atoms with Crippen molar-refractivity contribution in [1.82, 2.24) is 4.98 Å². The minimum Gasteiger partial charge on any atom is -0.388 e. The molecule has 2 aromatic carbocycles. The summed E-state index contributed by atoms with van der Waals surface area (Å²) < 4.78 is 0. The van der Waals surface area contributed by atoms with Crippen LogP contribution < -0.4 is 10.2 Å². The third-order valence-electron chi connectivity index (χ3n) is 3.65. The van der Waals surface area contributed by atoms with Crippen molar-refractivity contribution in [2.24, 2.45) is 0 Å². The Balaban J connectivity index is 2.21. The lowest BCUT2D eigenvalue weighted by molar-refractivity contribution is 1.13. The van der Waals surface area contributed by atoms with Gasteiger partial charge in [0.2, 0.25) is 0 Å². The summed E-state index contributed by atoms with van der Waals surface area (Å²) in [6, 6.07) is 18.7. The highest BCUT2D eigenvalue weighted by molar-refractivity contribution is 5.95. The Bertz CT molecular complexity index is 764. The van der Waals surface area contributed by atoms with Gasteiger partial charge in [-0.25, -0.2) is 4.98 Å². The third kappa shape index (κ3) is 2.55. The normalized spacial score (nSPS) is 10.6. The molecule has 0 saturated carbocycles. The summed E-state index contributed by atoms with van der Waals surface area (Å²) in [7, 11) is 6.05. The second kappa shape index (κ2) is 5.44. The summed E-state index contributed by atoms with van der Waals surface area (Å²) in [6.45, 7) is 0. The molecule has 1 N–H and O–H groups in total. The molecule has 3 nitrogen and oxygen atoms in total. The predicted octanol–water partition coefficient (Wildman–Crippen LogP) is 4.01. The number of benzene rings is 2. The Hall–Kier alpha value is -2.55. The second-order valence-corrected chi connectivity index (χ2v) is 5.27. The van der Waals surface area contributed by atoms with Gasteiger partial charge in [0.15, 0.2) is 0 Å². The summed E-state index contributed by atoms with van der Waals surface area (Å²) in [5.74, 6) is 0. The molecule has 0 aliphatic heterocycles. The quantitative estimate of drug-likeness (QED) is 0.784. The molecule has 0 aliphatic rings. The molecule has 3 aromatic rings. The van der Waals surface area contributed by atoms with E-state index in [1.807, 2.05) is 39.3 Å². The predicted molar refractivity (Wildman–Crippen MR) is 91.1 cm³/mol. The first-order valence-corrected chi connectivity index (χ1v) is 7.04. The van der Waals surface area contributed by atoms with Crippen LogP contribution >= 0.6 is 0 Å². The maximum atomic E-state index is 4.80. The molecule has 0 aliphatic carbocycles. The van der Waals surface area contributed by atoms with E-state index in [0.29, 0.717) is 0 Å². The van der Waals surface area contributed by atoms with Gasteiger partial charge in [-0.3, -0.25) is 0 Å². The van der Waals surface area contributed by atoms with Crippen LogP contribution in [0.25, 0.3) is 22.2 Å². The fraction of sp³-hybridized carbons (Fsp3) is 0.167. The van der Waals surface area contributed by atoms with E-state index in [-0.39, 0.29) is 0 Å². The van der Waals surface area contributed by atoms with Crippen molar-refractivity contribution in [2.45, 2.75) is 0 Å². The second-order valence-electron chi connectivity index (χ2n) is 5.27. The number of anilines is 2. The van der Waals surface area contributed by atoms with E-state index in [9.17, 15) is 0 Å². The van der Waals surface area contributed by atoms with Crippen molar-refractivity contribution in [3.8, 4) is 11.3 Å². The molecule has 0 unspecified atom stereocenters. The first-order valence-electron chi connectivity index (χ1n) is 7.04. The van der Waals surface area contributed by atoms with E-state index < -0.39 is 0 Å². The highest BCUT2D eigenvalue weighted by atomic mass is 15.1. The van der Waals surface area contributed by atoms with Gasteiger partial charge in [-0.1, -0.05) is 30.3 Å². The Kier molecular flexibility index (Phi) is 3.48. The minimum atomic E-state index is 0.991. The number of rotatable bonds is 3. The lowest BCUT2D eigenvalue weighted by Gasteiger charge is -2.15. The van der Waals surface area contributed by atoms with Gasteiger partial charge in [0.05, 0.1) is 11.2 Å². The Labute approximate surface area is 125 Å². The van der Waals surface area contributed by atoms with Gasteiger partial charge in [0, 0.05) is 43.5 Å². The zero-order chi connectivity index (χ0) is 14.8. The number of hydrogen-bond acceptors (Lipinski definition) is 3. The van der Waals surface area contributed by atoms with Crippen LogP contribution in [0, 0.1) is 0 Å². The SMILES string of the molecule is CNc1cc(-c2ccccc2)nc2ccc(N(C)C)cc12. The zero-order valence-corrected chi connectivity index (χ0v) is 12.6. The number of nitrogens with zero attached hydrogens (tertiary/aromatic N) is 2. The van der Waals surface area contributed by atoms with Gasteiger partial charge in [0.1, 0.15) is 0 Å². The molecule has 0 radical (unpaired) electrons. The molecule has 3 rings (SSSR count). The molecule has 3 heteroatoms. The van der Waals surface area contributed by atoms with Crippen LogP contribution in [0.4, 0.5) is 11.4 Å². The van der Waals surface area contributed by atoms with Crippen molar-refractivity contribution >= 4 is 22.3 Å². The average Bonchev–Trinajstić information content (AvgIpc) is 2.54. The summed E-state index contributed by atoms with van der Waals surface area (Å²) in [6.07, 6.45) is 0. The van der Waals surface area contributed by atoms with E-state index in [1.165, 1.54) is 5.69 Å². The highest BCUT2D eigenvalue weighted by Crippen LogP contribution is 2.30. The number of nitrogens with one attached hydrogen (secondary N) is 1. The molecule has 0 saturated heterocycles. The first kappa shape index (κ1) is 13.4. The summed E-state index contributed by atoms with van der Waals surface area (Å²) >= 11 is 0. The van der Waals surface area contributed by atoms with Crippen molar-refractivity contribution < 1.29 is 0 Å². The van der Waals surface area contributed by atoms with Crippen LogP contribution in [0.3, 0.4) is 0 Å². The number of hydrogen-bond donors (Lipinski definition) is 1. The van der Waals surface area contributed by atoms with Gasteiger partial charge in [-0.05, 0) is 24.3 Å². The molecule has 106 valence electrons. The highest BCUT2D eigenvalue weighted by Gasteiger charge is 2.08. The molecular weight excluding hydrogens is 258 g/mol. The fourth-order valence-electron chi connectivity index (χ4n) is 2.46. The lowest BCUT2D eigenvalue weighted by atomic mass is 10.1. The molecule has 0 spiro atoms. The summed E-state index contributed by atoms with van der Waals surface area (Å²) in [4.78, 5) is 6.90. The Morgan fingerprint density at radius 2 is 1.71 bits per heavy atom. The number of fused-ring (bicyclic) bond motifs is 1. The molecule has 0 fully saturated rings. The number of aromatic nitrogens is 1. The summed E-state index contributed by atoms with van der Waals surface area (Å²) in [5.41, 5.74) is 5.40. The molecule has 21 heavy (non-hydrogen) atoms. The monoisotopic (exact) mass is 277 g/mol. The van der Waals surface area contributed by atoms with Crippen molar-refractivity contribution in [1.29, 1.82) is 0 Å². The lowest BCUT2D eigenvalue weighted by Crippen LogP contribution is -2.08. The van der Waals surface area contributed by atoms with Crippen LogP contribution in [-0.4, -0.2) is 26.1 Å². The van der Waals surface area contributed by atoms with Crippen LogP contribution in [0.15, 0.2) is 54.6 Å². The van der Waals surface area contributed by atoms with Crippen molar-refractivity contribution in [3.05, 3.63) is 54.6 Å². The van der Waals surface area contributed by atoms with Gasteiger partial charge in [-0.2, -0.15) is 0 Å². The van der Waals surface area contributed by atoms with Crippen LogP contribution in [0.2, 0.25) is 0 Å². The first-order chi connectivity index (χ1) is 10.2. The smallest absolute Gasteiger partial charge is 0.0731 e. The molecule has 0 bridgehead atoms. The third-order valence-corrected chi connectivity index (χ3v) is 3.65. The van der Waals surface area contributed by atoms with Gasteiger partial charge >= 0.3 is 0 Å². The van der Waals surface area contributed by atoms with Gasteiger partial charge in [-0.15, -0.1) is 0 Å². The minimum absolute atomic E-state index is 0.991. The van der Waals surface area contributed by atoms with E-state index >= 15 is 0 Å². The molecule has 1 heterocycles. The molecule has 1 aromatic heterocycles. The summed E-state index contributed by atoms with van der Waals surface area (Å²) in [5, 5.41) is 4.43. The average molecular weight is 277 g/mol. The van der Waals surface area contributed by atoms with Crippen LogP contribution in [0.5, 0.6) is 0 Å². The van der Waals surface area contributed by atoms with E-state index in [0.717, 1.165) is 27.8 Å². The van der Waals surface area contributed by atoms with E-state index in [4.69, 9.17) is 4.98 Å². The largest absolute Gasteiger partial charge is 0.388 e. The topological polar surface area (TPSA) is 28.2 Å². The van der Waals surface area contributed by atoms with E-state index in [2.05, 4.69) is 46.6 Å². The van der Waals surface area contributed by atoms with Crippen molar-refractivity contribution in [2.75, 3.05) is 31.4 Å². The van der Waals surface area contributed by atoms with Gasteiger partial charge in [0.25, 0.3) is 0 Å². The van der Waals surface area contributed by atoms with Crippen LogP contribution in [0.1, 0.15) is 0 Å². The van der Waals surface area contributed by atoms with Crippen LogP contribution in [-0.2, 0) is 0 Å². The molecule has 0 atom stereocenters. The van der Waals surface area contributed by atoms with Crippen molar-refractivity contribution in [3.63, 3.8) is 0 Å². The maximum absolute atomic E-state index is 4.80. The molecular formula is C18H19N3. The fourth-order valence-corrected chi connectivity index (χ4v) is 2.46. The van der Waals surface area contributed by atoms with E-state index in [1.54, 1.807) is 0 Å². The Morgan fingerprint density at radius 3 is 2.38 bits per heavy atom. The zero-order valence-electron chi connectivity index (χ0n) is 12.6. The number of pyridine rings is 1. The standard InChI is InChI=1S/C18H19N3/c1-19-18-12-17(13-7-5-4-6-8-13)20-16-10-9-14(21(2)3)11-15(16)18/h4-12H,1-3H3,(H,19,20). The van der Waals surface area contributed by atoms with Gasteiger partial charge < -0.3 is 10.2 Å². The molecule has 0 amide bonds.